The van der Waals surface area contributed by atoms with Gasteiger partial charge in [-0.05, 0) is 54.8 Å². The van der Waals surface area contributed by atoms with Gasteiger partial charge >= 0.3 is 0 Å². The van der Waals surface area contributed by atoms with Crippen LogP contribution < -0.4 is 11.1 Å². The zero-order valence-corrected chi connectivity index (χ0v) is 12.8. The average molecular weight is 310 g/mol. The third-order valence-corrected chi connectivity index (χ3v) is 3.96. The largest absolute Gasteiger partial charge is 0.461 e. The van der Waals surface area contributed by atoms with Crippen LogP contribution in [-0.2, 0) is 4.79 Å². The molecule has 1 heterocycles. The molecule has 2 aromatic rings. The Kier molecular flexibility index (Phi) is 4.02. The molecular weight excluding hydrogens is 292 g/mol. The first-order valence-electron chi connectivity index (χ1n) is 7.51. The van der Waals surface area contributed by atoms with Gasteiger partial charge in [0.1, 0.15) is 11.5 Å². The van der Waals surface area contributed by atoms with E-state index in [1.807, 2.05) is 12.1 Å². The van der Waals surface area contributed by atoms with E-state index >= 15 is 0 Å². The van der Waals surface area contributed by atoms with Crippen LogP contribution in [-0.4, -0.2) is 11.8 Å². The molecule has 0 spiro atoms. The van der Waals surface area contributed by atoms with Crippen LogP contribution in [0.2, 0.25) is 0 Å². The molecule has 0 bridgehead atoms. The van der Waals surface area contributed by atoms with Crippen molar-refractivity contribution in [3.8, 4) is 0 Å². The molecule has 1 saturated carbocycles. The molecule has 1 aliphatic carbocycles. The van der Waals surface area contributed by atoms with E-state index in [4.69, 9.17) is 10.2 Å². The normalized spacial score (nSPS) is 19.7. The van der Waals surface area contributed by atoms with E-state index < -0.39 is 5.91 Å². The smallest absolute Gasteiger partial charge is 0.248 e. The standard InChI is InChI=1S/C18H18N2O3/c1-11-10-15(11)16-8-6-14(23-16)7-9-17(21)20-13-4-2-12(3-5-13)18(19)22/h2-9,11,15H,10H2,1H3,(H2,19,22)(H,20,21)/b9-7+. The number of furan rings is 1. The van der Waals surface area contributed by atoms with Crippen molar-refractivity contribution >= 4 is 23.6 Å². The first-order chi connectivity index (χ1) is 11.0. The summed E-state index contributed by atoms with van der Waals surface area (Å²) in [6.07, 6.45) is 4.23. The molecule has 2 amide bonds. The summed E-state index contributed by atoms with van der Waals surface area (Å²) in [5.74, 6) is 2.09. The van der Waals surface area contributed by atoms with E-state index in [0.29, 0.717) is 28.8 Å². The number of carbonyl (C=O) groups is 2. The zero-order valence-electron chi connectivity index (χ0n) is 12.8. The molecule has 2 atom stereocenters. The van der Waals surface area contributed by atoms with Gasteiger partial charge < -0.3 is 15.5 Å². The fourth-order valence-electron chi connectivity index (χ4n) is 2.44. The second-order valence-electron chi connectivity index (χ2n) is 5.82. The van der Waals surface area contributed by atoms with Crippen molar-refractivity contribution in [2.24, 2.45) is 11.7 Å². The summed E-state index contributed by atoms with van der Waals surface area (Å²) in [4.78, 5) is 22.9. The quantitative estimate of drug-likeness (QED) is 0.832. The van der Waals surface area contributed by atoms with Gasteiger partial charge in [-0.3, -0.25) is 9.59 Å². The minimum atomic E-state index is -0.499. The molecule has 5 nitrogen and oxygen atoms in total. The molecule has 2 unspecified atom stereocenters. The molecule has 0 radical (unpaired) electrons. The minimum absolute atomic E-state index is 0.269. The predicted octanol–water partition coefficient (Wildman–Crippen LogP) is 3.15. The van der Waals surface area contributed by atoms with E-state index in [1.54, 1.807) is 30.3 Å². The van der Waals surface area contributed by atoms with Crippen LogP contribution in [0, 0.1) is 5.92 Å². The highest BCUT2D eigenvalue weighted by Gasteiger charge is 2.36. The number of primary amides is 1. The average Bonchev–Trinajstić information content (AvgIpc) is 3.08. The van der Waals surface area contributed by atoms with Gasteiger partial charge in [0.2, 0.25) is 11.8 Å². The summed E-state index contributed by atoms with van der Waals surface area (Å²) in [7, 11) is 0. The summed E-state index contributed by atoms with van der Waals surface area (Å²) >= 11 is 0. The number of carbonyl (C=O) groups excluding carboxylic acids is 2. The number of nitrogens with two attached hydrogens (primary N) is 1. The maximum Gasteiger partial charge on any atom is 0.248 e. The third-order valence-electron chi connectivity index (χ3n) is 3.96. The molecule has 0 saturated heterocycles. The topological polar surface area (TPSA) is 85.3 Å². The third kappa shape index (κ3) is 3.69. The lowest BCUT2D eigenvalue weighted by Gasteiger charge is -2.02. The van der Waals surface area contributed by atoms with Gasteiger partial charge in [-0.25, -0.2) is 0 Å². The molecule has 5 heteroatoms. The van der Waals surface area contributed by atoms with Gasteiger partial charge in [0.15, 0.2) is 0 Å². The molecule has 3 N–H and O–H groups in total. The van der Waals surface area contributed by atoms with Gasteiger partial charge in [-0.2, -0.15) is 0 Å². The Labute approximate surface area is 134 Å². The highest BCUT2D eigenvalue weighted by atomic mass is 16.3. The maximum absolute atomic E-state index is 11.9. The predicted molar refractivity (Wildman–Crippen MR) is 87.9 cm³/mol. The van der Waals surface area contributed by atoms with E-state index in [9.17, 15) is 9.59 Å². The monoisotopic (exact) mass is 310 g/mol. The Bertz CT molecular complexity index is 759. The van der Waals surface area contributed by atoms with Crippen LogP contribution in [0.4, 0.5) is 5.69 Å². The van der Waals surface area contributed by atoms with Crippen molar-refractivity contribution in [2.45, 2.75) is 19.3 Å². The molecule has 1 aromatic carbocycles. The summed E-state index contributed by atoms with van der Waals surface area (Å²) in [5, 5.41) is 2.71. The minimum Gasteiger partial charge on any atom is -0.461 e. The van der Waals surface area contributed by atoms with Gasteiger partial charge in [0.05, 0.1) is 0 Å². The van der Waals surface area contributed by atoms with Gasteiger partial charge in [-0.1, -0.05) is 6.92 Å². The van der Waals surface area contributed by atoms with Crippen molar-refractivity contribution in [2.75, 3.05) is 5.32 Å². The summed E-state index contributed by atoms with van der Waals surface area (Å²) in [5.41, 5.74) is 6.16. The first-order valence-corrected chi connectivity index (χ1v) is 7.51. The number of benzene rings is 1. The van der Waals surface area contributed by atoms with Crippen molar-refractivity contribution in [1.29, 1.82) is 0 Å². The van der Waals surface area contributed by atoms with Crippen molar-refractivity contribution in [3.05, 3.63) is 59.6 Å². The van der Waals surface area contributed by atoms with Crippen LogP contribution in [0.5, 0.6) is 0 Å². The SMILES string of the molecule is CC1CC1c1ccc(/C=C/C(=O)Nc2ccc(C(N)=O)cc2)o1. The van der Waals surface area contributed by atoms with Crippen LogP contribution in [0.15, 0.2) is 46.9 Å². The van der Waals surface area contributed by atoms with Crippen LogP contribution >= 0.6 is 0 Å². The van der Waals surface area contributed by atoms with Crippen LogP contribution in [0.25, 0.3) is 6.08 Å². The van der Waals surface area contributed by atoms with Crippen molar-refractivity contribution in [3.63, 3.8) is 0 Å². The van der Waals surface area contributed by atoms with Crippen molar-refractivity contribution < 1.29 is 14.0 Å². The lowest BCUT2D eigenvalue weighted by molar-refractivity contribution is -0.111. The number of rotatable bonds is 5. The molecule has 1 fully saturated rings. The Morgan fingerprint density at radius 2 is 1.91 bits per heavy atom. The number of hydrogen-bond acceptors (Lipinski definition) is 3. The summed E-state index contributed by atoms with van der Waals surface area (Å²) in [6, 6.07) is 10.2. The molecule has 0 aliphatic heterocycles. The number of anilines is 1. The van der Waals surface area contributed by atoms with Gasteiger partial charge in [-0.15, -0.1) is 0 Å². The molecule has 23 heavy (non-hydrogen) atoms. The van der Waals surface area contributed by atoms with E-state index in [-0.39, 0.29) is 5.91 Å². The molecular formula is C18H18N2O3. The molecule has 1 aliphatic rings. The summed E-state index contributed by atoms with van der Waals surface area (Å²) in [6.45, 7) is 2.19. The highest BCUT2D eigenvalue weighted by Crippen LogP contribution is 2.47. The van der Waals surface area contributed by atoms with Gasteiger partial charge in [0.25, 0.3) is 0 Å². The number of nitrogens with one attached hydrogen (secondary N) is 1. The Balaban J connectivity index is 1.58. The second-order valence-corrected chi connectivity index (χ2v) is 5.82. The van der Waals surface area contributed by atoms with Crippen LogP contribution in [0.3, 0.4) is 0 Å². The lowest BCUT2D eigenvalue weighted by Crippen LogP contribution is -2.11. The van der Waals surface area contributed by atoms with Crippen LogP contribution in [0.1, 0.15) is 41.1 Å². The Hall–Kier alpha value is -2.82. The highest BCUT2D eigenvalue weighted by molar-refractivity contribution is 6.02. The Morgan fingerprint density at radius 1 is 1.22 bits per heavy atom. The fraction of sp³-hybridized carbons (Fsp3) is 0.222. The van der Waals surface area contributed by atoms with Crippen molar-refractivity contribution in [1.82, 2.24) is 0 Å². The first kappa shape index (κ1) is 15.1. The second kappa shape index (κ2) is 6.12. The van der Waals surface area contributed by atoms with Gasteiger partial charge in [0, 0.05) is 23.2 Å². The molecule has 1 aromatic heterocycles. The fourth-order valence-corrected chi connectivity index (χ4v) is 2.44. The van der Waals surface area contributed by atoms with E-state index in [0.717, 1.165) is 5.76 Å². The van der Waals surface area contributed by atoms with E-state index in [2.05, 4.69) is 12.2 Å². The summed E-state index contributed by atoms with van der Waals surface area (Å²) < 4.78 is 5.70. The maximum atomic E-state index is 11.9. The Morgan fingerprint density at radius 3 is 2.52 bits per heavy atom. The molecule has 3 rings (SSSR count). The number of amides is 2. The number of hydrogen-bond donors (Lipinski definition) is 2. The zero-order chi connectivity index (χ0) is 16.4. The molecule has 118 valence electrons. The van der Waals surface area contributed by atoms with E-state index in [1.165, 1.54) is 12.5 Å². The lowest BCUT2D eigenvalue weighted by atomic mass is 10.2.